The number of allylic oxidation sites excluding steroid dienone is 4. The Labute approximate surface area is 149 Å². The normalized spacial score (nSPS) is 12.5. The number of benzene rings is 1. The summed E-state index contributed by atoms with van der Waals surface area (Å²) in [5, 5.41) is 1.49. The Morgan fingerprint density at radius 3 is 2.19 bits per heavy atom. The predicted octanol–water partition coefficient (Wildman–Crippen LogP) is 2.94. The zero-order valence-corrected chi connectivity index (χ0v) is 18.6. The van der Waals surface area contributed by atoms with E-state index in [1.165, 1.54) is 31.3 Å². The molecule has 0 spiro atoms. The van der Waals surface area contributed by atoms with E-state index in [0.29, 0.717) is 0 Å². The molecule has 116 valence electrons. The molecule has 0 atom stereocenters. The van der Waals surface area contributed by atoms with Crippen LogP contribution < -0.4 is 8.51 Å². The molecular weight excluding hydrogens is 355 g/mol. The first kappa shape index (κ1) is 20.9. The molecule has 1 aliphatic rings. The van der Waals surface area contributed by atoms with Crippen LogP contribution in [0.15, 0.2) is 22.1 Å². The molecule has 0 radical (unpaired) electrons. The zero-order chi connectivity index (χ0) is 14.2. The summed E-state index contributed by atoms with van der Waals surface area (Å²) < 4.78 is 7.77. The van der Waals surface area contributed by atoms with E-state index in [0.717, 1.165) is 22.4 Å². The Morgan fingerprint density at radius 1 is 1.05 bits per heavy atom. The Kier molecular flexibility index (Phi) is 8.45. The minimum absolute atomic E-state index is 0. The summed E-state index contributed by atoms with van der Waals surface area (Å²) in [6.07, 6.45) is 7.54. The fourth-order valence-electron chi connectivity index (χ4n) is 2.46. The van der Waals surface area contributed by atoms with Crippen molar-refractivity contribution in [2.75, 3.05) is 0 Å². The van der Waals surface area contributed by atoms with E-state index in [9.17, 15) is 0 Å². The number of hydrogen-bond acceptors (Lipinski definition) is 1. The van der Waals surface area contributed by atoms with E-state index < -0.39 is 17.8 Å². The molecule has 0 unspecified atom stereocenters. The molecule has 0 fully saturated rings. The van der Waals surface area contributed by atoms with Gasteiger partial charge in [0.2, 0.25) is 0 Å². The summed E-state index contributed by atoms with van der Waals surface area (Å²) in [5.74, 6) is 1.12. The Hall–Kier alpha value is -0.119. The van der Waals surface area contributed by atoms with Crippen molar-refractivity contribution in [2.45, 2.75) is 34.1 Å². The number of rotatable bonds is 3. The first-order chi connectivity index (χ1) is 8.93. The molecule has 1 nitrogen and oxygen atoms in total. The van der Waals surface area contributed by atoms with Crippen molar-refractivity contribution < 1.29 is 21.1 Å². The van der Waals surface area contributed by atoms with Gasteiger partial charge in [-0.2, -0.15) is 0 Å². The monoisotopic (exact) mass is 378 g/mol. The minimum atomic E-state index is -1.82. The molecule has 1 aromatic rings. The van der Waals surface area contributed by atoms with Crippen molar-refractivity contribution in [1.29, 1.82) is 0 Å². The molecule has 1 aliphatic carbocycles. The van der Waals surface area contributed by atoms with Gasteiger partial charge in [0.1, 0.15) is 0 Å². The molecule has 0 aromatic heterocycles. The third-order valence-electron chi connectivity index (χ3n) is 4.29. The topological polar surface area (TPSA) is 9.23 Å². The van der Waals surface area contributed by atoms with Crippen molar-refractivity contribution in [2.24, 2.45) is 0 Å². The Bertz CT molecular complexity index is 592. The standard InChI is InChI=1S/C10H16OSi.C5H5.CH2.2ClH.Ti/c1-5-6(2)9(11)8(4)10(12)7(5)3;1-2-4-5-3-1;;;;/h11H,1-4,12H3;1-3H,4H2;1H2;2*1H;/q;;;;;+1/p-1. The van der Waals surface area contributed by atoms with Gasteiger partial charge in [-0.25, -0.2) is 0 Å². The molecule has 0 heterocycles. The van der Waals surface area contributed by atoms with Crippen LogP contribution in [0.5, 0.6) is 5.75 Å². The summed E-state index contributed by atoms with van der Waals surface area (Å²) in [6, 6.07) is 0. The van der Waals surface area contributed by atoms with Gasteiger partial charge in [0.05, 0.1) is 0 Å². The summed E-state index contributed by atoms with van der Waals surface area (Å²) >= 11 is -1.82. The average Bonchev–Trinajstić information content (AvgIpc) is 2.93. The molecular formula is C16H24Cl2OSiTi. The van der Waals surface area contributed by atoms with Crippen LogP contribution in [0, 0.1) is 27.7 Å². The van der Waals surface area contributed by atoms with Crippen molar-refractivity contribution in [3.63, 3.8) is 0 Å². The first-order valence-electron chi connectivity index (χ1n) is 6.73. The SMILES string of the molecule is Cl.Cl.[CH2]=[Ti]([O]c1c(C)c(C)c(C)c([SiH3])c1C)[C]1=CC=CC1. The maximum atomic E-state index is 6.35. The number of halogens is 2. The molecule has 0 aliphatic heterocycles. The maximum absolute atomic E-state index is 6.35. The molecule has 5 heteroatoms. The van der Waals surface area contributed by atoms with Crippen LogP contribution in [0.1, 0.15) is 28.7 Å². The van der Waals surface area contributed by atoms with Gasteiger partial charge in [0.25, 0.3) is 0 Å². The quantitative estimate of drug-likeness (QED) is 0.734. The Morgan fingerprint density at radius 2 is 1.67 bits per heavy atom. The summed E-state index contributed by atoms with van der Waals surface area (Å²) in [4.78, 5) is 4.33. The van der Waals surface area contributed by atoms with Crippen molar-refractivity contribution in [3.05, 3.63) is 44.4 Å². The van der Waals surface area contributed by atoms with Gasteiger partial charge in [0.15, 0.2) is 0 Å². The van der Waals surface area contributed by atoms with Crippen LogP contribution in [0.2, 0.25) is 0 Å². The predicted molar refractivity (Wildman–Crippen MR) is 99.0 cm³/mol. The molecule has 0 N–H and O–H groups in total. The molecule has 0 saturated heterocycles. The molecule has 0 saturated carbocycles. The molecule has 0 bridgehead atoms. The van der Waals surface area contributed by atoms with E-state index in [2.05, 4.69) is 50.7 Å². The van der Waals surface area contributed by atoms with Crippen molar-refractivity contribution in [3.8, 4) is 5.75 Å². The van der Waals surface area contributed by atoms with Crippen LogP contribution in [-0.4, -0.2) is 15.1 Å². The van der Waals surface area contributed by atoms with Crippen molar-refractivity contribution >= 4 is 45.1 Å². The molecule has 21 heavy (non-hydrogen) atoms. The summed E-state index contributed by atoms with van der Waals surface area (Å²) in [6.45, 7) is 8.81. The summed E-state index contributed by atoms with van der Waals surface area (Å²) in [7, 11) is 1.08. The average molecular weight is 379 g/mol. The fourth-order valence-corrected chi connectivity index (χ4v) is 5.11. The van der Waals surface area contributed by atoms with Crippen LogP contribution in [0.3, 0.4) is 0 Å². The van der Waals surface area contributed by atoms with E-state index in [-0.39, 0.29) is 24.8 Å². The number of hydrogen-bond donors (Lipinski definition) is 0. The molecule has 1 aromatic carbocycles. The van der Waals surface area contributed by atoms with Crippen LogP contribution in [0.4, 0.5) is 0 Å². The van der Waals surface area contributed by atoms with Gasteiger partial charge in [-0.1, -0.05) is 0 Å². The fraction of sp³-hybridized carbons (Fsp3) is 0.312. The second-order valence-electron chi connectivity index (χ2n) is 5.30. The van der Waals surface area contributed by atoms with Gasteiger partial charge in [0, 0.05) is 0 Å². The van der Waals surface area contributed by atoms with E-state index >= 15 is 0 Å². The second-order valence-corrected chi connectivity index (χ2v) is 8.95. The molecule has 2 rings (SSSR count). The zero-order valence-electron chi connectivity index (χ0n) is 13.4. The first-order valence-corrected chi connectivity index (χ1v) is 10.3. The van der Waals surface area contributed by atoms with Crippen molar-refractivity contribution in [1.82, 2.24) is 0 Å². The van der Waals surface area contributed by atoms with Gasteiger partial charge in [-0.15, -0.1) is 24.8 Å². The summed E-state index contributed by atoms with van der Waals surface area (Å²) in [5.41, 5.74) is 5.47. The van der Waals surface area contributed by atoms with Crippen LogP contribution >= 0.6 is 24.8 Å². The van der Waals surface area contributed by atoms with Gasteiger partial charge >= 0.3 is 126 Å². The molecule has 0 amide bonds. The Balaban J connectivity index is 0.00000200. The van der Waals surface area contributed by atoms with E-state index in [4.69, 9.17) is 3.32 Å². The second kappa shape index (κ2) is 8.50. The third kappa shape index (κ3) is 4.20. The van der Waals surface area contributed by atoms with E-state index in [1.807, 2.05) is 0 Å². The van der Waals surface area contributed by atoms with Gasteiger partial charge in [-0.05, 0) is 0 Å². The van der Waals surface area contributed by atoms with Crippen LogP contribution in [0.25, 0.3) is 0 Å². The van der Waals surface area contributed by atoms with E-state index in [1.54, 1.807) is 0 Å². The van der Waals surface area contributed by atoms with Gasteiger partial charge < -0.3 is 0 Å². The third-order valence-corrected chi connectivity index (χ3v) is 8.19. The van der Waals surface area contributed by atoms with Gasteiger partial charge in [-0.3, -0.25) is 0 Å². The van der Waals surface area contributed by atoms with Crippen LogP contribution in [-0.2, 0) is 17.8 Å².